The fourth-order valence-corrected chi connectivity index (χ4v) is 6.96. The number of amides is 4. The first-order valence-electron chi connectivity index (χ1n) is 21.5. The number of imide groups is 2. The van der Waals surface area contributed by atoms with Crippen LogP contribution in [-0.4, -0.2) is 152 Å². The molecule has 2 aliphatic heterocycles. The van der Waals surface area contributed by atoms with Crippen molar-refractivity contribution in [3.8, 4) is 17.3 Å². The van der Waals surface area contributed by atoms with E-state index in [1.54, 1.807) is 43.6 Å². The first kappa shape index (κ1) is 47.3. The number of piperidine rings is 1. The first-order chi connectivity index (χ1) is 32.2. The van der Waals surface area contributed by atoms with Gasteiger partial charge in [0, 0.05) is 44.5 Å². The maximum atomic E-state index is 13.3. The minimum Gasteiger partial charge on any atom is -0.490 e. The summed E-state index contributed by atoms with van der Waals surface area (Å²) < 4.78 is 46.3. The number of rotatable bonds is 27. The van der Waals surface area contributed by atoms with Gasteiger partial charge in [0.2, 0.25) is 11.8 Å². The number of hydrogen-bond donors (Lipinski definition) is 2. The Morgan fingerprint density at radius 1 is 0.742 bits per heavy atom. The van der Waals surface area contributed by atoms with Gasteiger partial charge in [-0.3, -0.25) is 38.8 Å². The Bertz CT molecular complexity index is 2510. The van der Waals surface area contributed by atoms with Gasteiger partial charge in [-0.15, -0.1) is 0 Å². The van der Waals surface area contributed by atoms with E-state index < -0.39 is 23.8 Å². The highest BCUT2D eigenvalue weighted by Gasteiger charge is 2.47. The van der Waals surface area contributed by atoms with Crippen molar-refractivity contribution in [2.75, 3.05) is 104 Å². The zero-order valence-electron chi connectivity index (χ0n) is 36.7. The van der Waals surface area contributed by atoms with Crippen LogP contribution in [0.15, 0.2) is 76.1 Å². The molecule has 7 rings (SSSR count). The smallest absolute Gasteiger partial charge is 0.266 e. The second-order valence-corrected chi connectivity index (χ2v) is 14.9. The summed E-state index contributed by atoms with van der Waals surface area (Å²) in [7, 11) is 2.93. The van der Waals surface area contributed by atoms with Crippen molar-refractivity contribution >= 4 is 46.1 Å². The Hall–Kier alpha value is -6.62. The number of pyridine rings is 1. The molecule has 0 saturated carbocycles. The van der Waals surface area contributed by atoms with Crippen LogP contribution >= 0.6 is 0 Å². The second-order valence-electron chi connectivity index (χ2n) is 14.9. The van der Waals surface area contributed by atoms with Gasteiger partial charge >= 0.3 is 0 Å². The topological polar surface area (TPSA) is 237 Å². The Morgan fingerprint density at radius 3 is 2.15 bits per heavy atom. The van der Waals surface area contributed by atoms with E-state index in [4.69, 9.17) is 37.6 Å². The quantitative estimate of drug-likeness (QED) is 0.0438. The van der Waals surface area contributed by atoms with Crippen LogP contribution in [0.4, 0.5) is 11.4 Å². The minimum atomic E-state index is -1.01. The molecule has 2 N–H and O–H groups in total. The number of likely N-dealkylation sites (tertiary alicyclic amines) is 1. The third-order valence-corrected chi connectivity index (χ3v) is 10.4. The van der Waals surface area contributed by atoms with Crippen LogP contribution in [0.3, 0.4) is 0 Å². The number of nitrogens with one attached hydrogen (secondary N) is 2. The highest BCUT2D eigenvalue weighted by molar-refractivity contribution is 6.25. The molecule has 350 valence electrons. The van der Waals surface area contributed by atoms with E-state index in [1.165, 1.54) is 17.8 Å². The third-order valence-electron chi connectivity index (χ3n) is 10.4. The van der Waals surface area contributed by atoms with E-state index in [0.29, 0.717) is 120 Å². The molecule has 3 aromatic heterocycles. The Morgan fingerprint density at radius 2 is 1.45 bits per heavy atom. The number of fused-ring (bicyclic) bond motifs is 2. The number of aryl methyl sites for hydroxylation is 1. The van der Waals surface area contributed by atoms with Gasteiger partial charge in [0.15, 0.2) is 5.58 Å². The maximum Gasteiger partial charge on any atom is 0.266 e. The van der Waals surface area contributed by atoms with Crippen LogP contribution in [0.2, 0.25) is 0 Å². The molecule has 2 aromatic carbocycles. The molecule has 21 nitrogen and oxygen atoms in total. The van der Waals surface area contributed by atoms with Gasteiger partial charge < -0.3 is 48.2 Å². The van der Waals surface area contributed by atoms with Crippen LogP contribution in [0.25, 0.3) is 22.7 Å². The summed E-state index contributed by atoms with van der Waals surface area (Å²) in [6, 6.07) is 16.1. The van der Waals surface area contributed by atoms with Gasteiger partial charge in [0.05, 0.1) is 95.7 Å². The third kappa shape index (κ3) is 12.4. The monoisotopic (exact) mass is 912 g/mol. The molecule has 66 heavy (non-hydrogen) atoms. The number of oxazole rings is 1. The molecule has 2 aliphatic rings. The van der Waals surface area contributed by atoms with Crippen LogP contribution < -0.4 is 20.9 Å². The number of likely N-dealkylation sites (N-methyl/N-ethyl adjacent to an activating group) is 1. The van der Waals surface area contributed by atoms with Gasteiger partial charge in [0.1, 0.15) is 36.3 Å². The molecule has 1 unspecified atom stereocenters. The van der Waals surface area contributed by atoms with Gasteiger partial charge in [-0.05, 0) is 55.0 Å². The van der Waals surface area contributed by atoms with Gasteiger partial charge in [0.25, 0.3) is 23.3 Å². The van der Waals surface area contributed by atoms with Crippen LogP contribution in [0.5, 0.6) is 5.75 Å². The summed E-state index contributed by atoms with van der Waals surface area (Å²) in [6.45, 7) is 5.23. The lowest BCUT2D eigenvalue weighted by Gasteiger charge is -2.32. The summed E-state index contributed by atoms with van der Waals surface area (Å²) in [4.78, 5) is 73.5. The average molecular weight is 913 g/mol. The Kier molecular flexibility index (Phi) is 16.9. The van der Waals surface area contributed by atoms with E-state index in [0.717, 1.165) is 21.2 Å². The number of carbonyl (C=O) groups excluding carboxylic acids is 4. The number of carbonyl (C=O) groups is 4. The minimum absolute atomic E-state index is 0.0830. The summed E-state index contributed by atoms with van der Waals surface area (Å²) >= 11 is 0. The van der Waals surface area contributed by atoms with Crippen molar-refractivity contribution in [2.45, 2.75) is 25.5 Å². The first-order valence-corrected chi connectivity index (χ1v) is 21.5. The van der Waals surface area contributed by atoms with Crippen molar-refractivity contribution in [1.29, 1.82) is 0 Å². The average Bonchev–Trinajstić information content (AvgIpc) is 3.86. The van der Waals surface area contributed by atoms with Crippen molar-refractivity contribution in [3.63, 3.8) is 0 Å². The standard InChI is InChI=1S/C45H52N8O13/c1-51-39(54)13-10-37(44(51)57)53-43(56)33-4-3-5-34(41(33)45(53)58)46-14-15-59-16-17-60-18-19-61-20-21-62-22-23-63-24-25-65-32-8-6-31(47-27-32)28-64-29-48-30-7-11-38-36(26-30)49-42(66-38)35-9-12-40(55)52(2)50-35/h3-9,11-12,26-27,37,46,48H,10,13-25,28-29H2,1-2H3. The van der Waals surface area contributed by atoms with E-state index in [9.17, 15) is 24.0 Å². The van der Waals surface area contributed by atoms with Crippen LogP contribution in [-0.2, 0) is 51.7 Å². The summed E-state index contributed by atoms with van der Waals surface area (Å²) in [5.74, 6) is -1.05. The molecule has 0 spiro atoms. The van der Waals surface area contributed by atoms with Gasteiger partial charge in [-0.2, -0.15) is 5.10 Å². The molecule has 5 aromatic rings. The SMILES string of the molecule is CN1C(=O)CCC(N2C(=O)c3cccc(NCCOCCOCCOCCOCCOCCOc4ccc(COCNc5ccc6oc(-c7ccc(=O)n(C)n7)nc6c5)nc4)c3C2=O)C1=O. The normalized spacial score (nSPS) is 15.0. The molecule has 21 heteroatoms. The number of nitrogens with zero attached hydrogens (tertiary/aromatic N) is 6. The molecule has 4 amide bonds. The lowest BCUT2D eigenvalue weighted by molar-refractivity contribution is -0.149. The summed E-state index contributed by atoms with van der Waals surface area (Å²) in [6.07, 6.45) is 1.83. The van der Waals surface area contributed by atoms with Gasteiger partial charge in [-0.25, -0.2) is 9.67 Å². The van der Waals surface area contributed by atoms with E-state index in [2.05, 4.69) is 25.7 Å². The van der Waals surface area contributed by atoms with Crippen molar-refractivity contribution in [2.24, 2.45) is 7.05 Å². The van der Waals surface area contributed by atoms with E-state index >= 15 is 0 Å². The maximum absolute atomic E-state index is 13.3. The van der Waals surface area contributed by atoms with Crippen molar-refractivity contribution < 1.29 is 56.8 Å². The molecule has 0 aliphatic carbocycles. The molecule has 0 radical (unpaired) electrons. The molecule has 0 bridgehead atoms. The highest BCUT2D eigenvalue weighted by Crippen LogP contribution is 2.33. The summed E-state index contributed by atoms with van der Waals surface area (Å²) in [5, 5.41) is 10.5. The number of hydrogen-bond acceptors (Lipinski definition) is 18. The van der Waals surface area contributed by atoms with Crippen LogP contribution in [0, 0.1) is 0 Å². The predicted molar refractivity (Wildman–Crippen MR) is 236 cm³/mol. The second kappa shape index (κ2) is 23.5. The predicted octanol–water partition coefficient (Wildman–Crippen LogP) is 2.89. The van der Waals surface area contributed by atoms with E-state index in [-0.39, 0.29) is 42.2 Å². The lowest BCUT2D eigenvalue weighted by atomic mass is 10.0. The molecular formula is C45H52N8O13. The zero-order chi connectivity index (χ0) is 46.3. The zero-order valence-corrected chi connectivity index (χ0v) is 36.7. The summed E-state index contributed by atoms with van der Waals surface area (Å²) in [5.41, 5.74) is 3.94. The number of anilines is 2. The van der Waals surface area contributed by atoms with Gasteiger partial charge in [-0.1, -0.05) is 6.07 Å². The molecule has 5 heterocycles. The fraction of sp³-hybridized carbons (Fsp3) is 0.422. The Balaban J connectivity index is 0.642. The lowest BCUT2D eigenvalue weighted by Crippen LogP contribution is -2.54. The largest absolute Gasteiger partial charge is 0.490 e. The number of aromatic nitrogens is 4. The fourth-order valence-electron chi connectivity index (χ4n) is 6.96. The van der Waals surface area contributed by atoms with Crippen LogP contribution in [0.1, 0.15) is 39.3 Å². The molecule has 1 fully saturated rings. The Labute approximate surface area is 379 Å². The molecule has 1 atom stereocenters. The molecular weight excluding hydrogens is 861 g/mol. The van der Waals surface area contributed by atoms with Crippen molar-refractivity contribution in [1.82, 2.24) is 29.5 Å². The molecule has 1 saturated heterocycles. The van der Waals surface area contributed by atoms with Crippen molar-refractivity contribution in [3.05, 3.63) is 94.0 Å². The number of benzene rings is 2. The van der Waals surface area contributed by atoms with E-state index in [1.807, 2.05) is 24.3 Å². The number of ether oxygens (including phenoxy) is 7. The highest BCUT2D eigenvalue weighted by atomic mass is 16.6.